The Morgan fingerprint density at radius 3 is 3.00 bits per heavy atom. The van der Waals surface area contributed by atoms with Gasteiger partial charge in [-0.1, -0.05) is 18.2 Å². The van der Waals surface area contributed by atoms with Crippen LogP contribution in [0.15, 0.2) is 24.3 Å². The second-order valence-electron chi connectivity index (χ2n) is 6.91. The molecule has 2 saturated heterocycles. The van der Waals surface area contributed by atoms with Crippen molar-refractivity contribution in [3.63, 3.8) is 0 Å². The number of amides is 1. The minimum Gasteiger partial charge on any atom is -0.381 e. The summed E-state index contributed by atoms with van der Waals surface area (Å²) in [5.74, 6) is 0.637. The molecule has 4 atom stereocenters. The van der Waals surface area contributed by atoms with E-state index in [0.717, 1.165) is 25.1 Å². The zero-order chi connectivity index (χ0) is 14.2. The third-order valence-electron chi connectivity index (χ3n) is 6.12. The number of nitrogens with one attached hydrogen (secondary N) is 1. The van der Waals surface area contributed by atoms with Crippen LogP contribution in [0, 0.1) is 5.92 Å². The van der Waals surface area contributed by atoms with Crippen LogP contribution >= 0.6 is 0 Å². The van der Waals surface area contributed by atoms with E-state index < -0.39 is 0 Å². The Hall–Kier alpha value is -1.84. The number of para-hydroxylation sites is 1. The summed E-state index contributed by atoms with van der Waals surface area (Å²) in [6.45, 7) is 0.823. The zero-order valence-electron chi connectivity index (χ0n) is 11.8. The van der Waals surface area contributed by atoms with Gasteiger partial charge in [-0.25, -0.2) is 0 Å². The standard InChI is InChI=1S/C17H18N2O2/c20-13-8-14-17(11-5-1-2-6-12(11)18-14)9-15(21)19-7-3-4-10(13)16(17)19/h1-2,5-6,10,14,16,18H,3-4,7-9H2/t10-,14+,16+,17+/m0/s1. The van der Waals surface area contributed by atoms with Crippen molar-refractivity contribution in [3.05, 3.63) is 29.8 Å². The molecule has 0 aromatic heterocycles. The number of benzene rings is 1. The molecular formula is C17H18N2O2. The van der Waals surface area contributed by atoms with Gasteiger partial charge in [-0.15, -0.1) is 0 Å². The maximum absolute atomic E-state index is 12.6. The van der Waals surface area contributed by atoms with Gasteiger partial charge in [0.05, 0.1) is 6.04 Å². The molecule has 0 unspecified atom stereocenters. The van der Waals surface area contributed by atoms with E-state index in [2.05, 4.69) is 23.5 Å². The highest BCUT2D eigenvalue weighted by Gasteiger charge is 2.66. The van der Waals surface area contributed by atoms with Gasteiger partial charge in [0, 0.05) is 42.4 Å². The van der Waals surface area contributed by atoms with Gasteiger partial charge in [0.15, 0.2) is 0 Å². The highest BCUT2D eigenvalue weighted by Crippen LogP contribution is 2.58. The summed E-state index contributed by atoms with van der Waals surface area (Å²) in [6.07, 6.45) is 3.05. The molecule has 0 bridgehead atoms. The number of piperidine rings is 1. The third kappa shape index (κ3) is 1.23. The van der Waals surface area contributed by atoms with Crippen LogP contribution in [-0.4, -0.2) is 35.2 Å². The van der Waals surface area contributed by atoms with Gasteiger partial charge in [0.1, 0.15) is 5.78 Å². The van der Waals surface area contributed by atoms with E-state index in [1.54, 1.807) is 0 Å². The van der Waals surface area contributed by atoms with Crippen molar-refractivity contribution in [1.82, 2.24) is 4.90 Å². The summed E-state index contributed by atoms with van der Waals surface area (Å²) in [5, 5.41) is 3.54. The molecule has 1 spiro atoms. The van der Waals surface area contributed by atoms with Gasteiger partial charge in [0.2, 0.25) is 5.91 Å². The Morgan fingerprint density at radius 2 is 2.10 bits per heavy atom. The SMILES string of the molecule is O=C1C[C@H]2Nc3ccccc3[C@]23CC(=O)N2CCC[C@@H]1[C@@H]23. The number of carbonyl (C=O) groups excluding carboxylic acids is 2. The Kier molecular flexibility index (Phi) is 2.06. The maximum atomic E-state index is 12.6. The lowest BCUT2D eigenvalue weighted by atomic mass is 9.59. The molecule has 1 aromatic carbocycles. The van der Waals surface area contributed by atoms with Crippen LogP contribution in [0.4, 0.5) is 5.69 Å². The number of anilines is 1. The molecule has 1 N–H and O–H groups in total. The molecule has 21 heavy (non-hydrogen) atoms. The van der Waals surface area contributed by atoms with Gasteiger partial charge >= 0.3 is 0 Å². The average Bonchev–Trinajstić information content (AvgIpc) is 2.97. The summed E-state index contributed by atoms with van der Waals surface area (Å²) in [7, 11) is 0. The van der Waals surface area contributed by atoms with E-state index in [1.165, 1.54) is 5.56 Å². The molecule has 4 heteroatoms. The molecule has 1 saturated carbocycles. The number of hydrogen-bond acceptors (Lipinski definition) is 3. The number of Topliss-reactive ketones (excluding diaryl/α,β-unsaturated/α-hetero) is 1. The topological polar surface area (TPSA) is 49.4 Å². The van der Waals surface area contributed by atoms with Crippen molar-refractivity contribution >= 4 is 17.4 Å². The lowest BCUT2D eigenvalue weighted by Crippen LogP contribution is -2.61. The molecule has 3 heterocycles. The first-order valence-corrected chi connectivity index (χ1v) is 7.90. The van der Waals surface area contributed by atoms with Gasteiger partial charge in [-0.2, -0.15) is 0 Å². The van der Waals surface area contributed by atoms with Crippen molar-refractivity contribution in [2.24, 2.45) is 5.92 Å². The maximum Gasteiger partial charge on any atom is 0.223 e. The van der Waals surface area contributed by atoms with Gasteiger partial charge in [0.25, 0.3) is 0 Å². The van der Waals surface area contributed by atoms with Crippen LogP contribution in [0.25, 0.3) is 0 Å². The molecule has 3 fully saturated rings. The number of fused-ring (bicyclic) bond motifs is 1. The van der Waals surface area contributed by atoms with E-state index in [-0.39, 0.29) is 29.3 Å². The first-order chi connectivity index (χ1) is 10.2. The van der Waals surface area contributed by atoms with Crippen molar-refractivity contribution in [2.45, 2.75) is 43.2 Å². The number of ketones is 1. The molecule has 4 aliphatic rings. The summed E-state index contributed by atoms with van der Waals surface area (Å²) < 4.78 is 0. The lowest BCUT2D eigenvalue weighted by molar-refractivity contribution is -0.136. The van der Waals surface area contributed by atoms with Crippen LogP contribution in [0.1, 0.15) is 31.2 Å². The Bertz CT molecular complexity index is 671. The molecule has 4 nitrogen and oxygen atoms in total. The summed E-state index contributed by atoms with van der Waals surface area (Å²) >= 11 is 0. The molecule has 3 aliphatic heterocycles. The fraction of sp³-hybridized carbons (Fsp3) is 0.529. The van der Waals surface area contributed by atoms with Crippen molar-refractivity contribution < 1.29 is 9.59 Å². The van der Waals surface area contributed by atoms with Crippen LogP contribution in [0.3, 0.4) is 0 Å². The van der Waals surface area contributed by atoms with Crippen LogP contribution in [0.2, 0.25) is 0 Å². The minimum atomic E-state index is -0.174. The highest BCUT2D eigenvalue weighted by atomic mass is 16.2. The van der Waals surface area contributed by atoms with Crippen molar-refractivity contribution in [1.29, 1.82) is 0 Å². The van der Waals surface area contributed by atoms with Gasteiger partial charge in [-0.3, -0.25) is 9.59 Å². The fourth-order valence-corrected chi connectivity index (χ4v) is 5.39. The molecule has 0 radical (unpaired) electrons. The smallest absolute Gasteiger partial charge is 0.223 e. The first kappa shape index (κ1) is 11.8. The number of carbonyl (C=O) groups is 2. The first-order valence-electron chi connectivity index (χ1n) is 7.90. The quantitative estimate of drug-likeness (QED) is 0.788. The number of rotatable bonds is 0. The van der Waals surface area contributed by atoms with Crippen LogP contribution < -0.4 is 5.32 Å². The van der Waals surface area contributed by atoms with Crippen LogP contribution in [-0.2, 0) is 15.0 Å². The van der Waals surface area contributed by atoms with E-state index in [0.29, 0.717) is 18.6 Å². The second kappa shape index (κ2) is 3.67. The molecule has 1 amide bonds. The second-order valence-corrected chi connectivity index (χ2v) is 6.91. The summed E-state index contributed by atoms with van der Waals surface area (Å²) in [6, 6.07) is 8.49. The lowest BCUT2D eigenvalue weighted by Gasteiger charge is -2.49. The minimum absolute atomic E-state index is 0.0504. The molecule has 5 rings (SSSR count). The fourth-order valence-electron chi connectivity index (χ4n) is 5.39. The predicted octanol–water partition coefficient (Wildman–Crippen LogP) is 1.70. The predicted molar refractivity (Wildman–Crippen MR) is 78.0 cm³/mol. The molecular weight excluding hydrogens is 264 g/mol. The normalized spacial score (nSPS) is 39.6. The number of nitrogens with zero attached hydrogens (tertiary/aromatic N) is 1. The number of hydrogen-bond donors (Lipinski definition) is 1. The summed E-state index contributed by atoms with van der Waals surface area (Å²) in [4.78, 5) is 27.2. The van der Waals surface area contributed by atoms with E-state index in [4.69, 9.17) is 0 Å². The Balaban J connectivity index is 1.76. The Labute approximate surface area is 123 Å². The Morgan fingerprint density at radius 1 is 1.24 bits per heavy atom. The summed E-state index contributed by atoms with van der Waals surface area (Å²) in [5.41, 5.74) is 2.21. The van der Waals surface area contributed by atoms with Crippen molar-refractivity contribution in [3.8, 4) is 0 Å². The molecule has 1 aliphatic carbocycles. The van der Waals surface area contributed by atoms with E-state index >= 15 is 0 Å². The third-order valence-corrected chi connectivity index (χ3v) is 6.12. The van der Waals surface area contributed by atoms with Gasteiger partial charge in [-0.05, 0) is 24.5 Å². The van der Waals surface area contributed by atoms with Crippen molar-refractivity contribution in [2.75, 3.05) is 11.9 Å². The highest BCUT2D eigenvalue weighted by molar-refractivity contribution is 5.93. The van der Waals surface area contributed by atoms with E-state index in [1.807, 2.05) is 11.0 Å². The largest absolute Gasteiger partial charge is 0.381 e. The molecule has 108 valence electrons. The zero-order valence-corrected chi connectivity index (χ0v) is 11.8. The van der Waals surface area contributed by atoms with E-state index in [9.17, 15) is 9.59 Å². The van der Waals surface area contributed by atoms with Gasteiger partial charge < -0.3 is 10.2 Å². The molecule has 1 aromatic rings. The average molecular weight is 282 g/mol. The monoisotopic (exact) mass is 282 g/mol. The van der Waals surface area contributed by atoms with Crippen LogP contribution in [0.5, 0.6) is 0 Å².